The molecule has 4 rings (SSSR count). The van der Waals surface area contributed by atoms with E-state index in [9.17, 15) is 4.79 Å². The summed E-state index contributed by atoms with van der Waals surface area (Å²) in [5.41, 5.74) is 2.54. The molecule has 1 saturated heterocycles. The Balaban J connectivity index is 1.66. The molecule has 22 heavy (non-hydrogen) atoms. The Bertz CT molecular complexity index is 709. The van der Waals surface area contributed by atoms with Crippen LogP contribution in [0.4, 0.5) is 0 Å². The van der Waals surface area contributed by atoms with E-state index in [0.717, 1.165) is 18.8 Å². The first kappa shape index (κ1) is 13.3. The lowest BCUT2D eigenvalue weighted by Crippen LogP contribution is -2.35. The van der Waals surface area contributed by atoms with Crippen LogP contribution in [0.5, 0.6) is 0 Å². The molecule has 3 heteroatoms. The van der Waals surface area contributed by atoms with Crippen LogP contribution >= 0.6 is 0 Å². The number of hydrogen-bond acceptors (Lipinski definition) is 2. The van der Waals surface area contributed by atoms with Crippen molar-refractivity contribution >= 4 is 11.7 Å². The Hall–Kier alpha value is -2.42. The van der Waals surface area contributed by atoms with Crippen molar-refractivity contribution in [3.63, 3.8) is 0 Å². The summed E-state index contributed by atoms with van der Waals surface area (Å²) in [5.74, 6) is 1.39. The number of amides is 1. The van der Waals surface area contributed by atoms with Crippen LogP contribution in [0.15, 0.2) is 65.7 Å². The lowest BCUT2D eigenvalue weighted by molar-refractivity contribution is -0.119. The van der Waals surface area contributed by atoms with E-state index in [0.29, 0.717) is 12.3 Å². The number of carbonyl (C=O) groups excluding carboxylic acids is 1. The van der Waals surface area contributed by atoms with Gasteiger partial charge in [0.2, 0.25) is 5.91 Å². The molecule has 0 N–H and O–H groups in total. The molecule has 2 atom stereocenters. The second kappa shape index (κ2) is 5.41. The molecule has 0 spiro atoms. The van der Waals surface area contributed by atoms with E-state index in [4.69, 9.17) is 0 Å². The second-order valence-corrected chi connectivity index (χ2v) is 6.02. The summed E-state index contributed by atoms with van der Waals surface area (Å²) in [4.78, 5) is 18.6. The number of nitrogens with zero attached hydrogens (tertiary/aromatic N) is 2. The van der Waals surface area contributed by atoms with Gasteiger partial charge in [-0.15, -0.1) is 0 Å². The molecule has 2 aliphatic rings. The van der Waals surface area contributed by atoms with Crippen molar-refractivity contribution < 1.29 is 4.79 Å². The highest BCUT2D eigenvalue weighted by Gasteiger charge is 2.38. The molecule has 2 heterocycles. The highest BCUT2D eigenvalue weighted by atomic mass is 16.1. The van der Waals surface area contributed by atoms with E-state index in [1.54, 1.807) is 0 Å². The van der Waals surface area contributed by atoms with Crippen LogP contribution in [-0.2, 0) is 4.79 Å². The smallest absolute Gasteiger partial charge is 0.249 e. The third-order valence-corrected chi connectivity index (χ3v) is 4.63. The lowest BCUT2D eigenvalue weighted by atomic mass is 9.98. The molecule has 1 fully saturated rings. The van der Waals surface area contributed by atoms with Gasteiger partial charge in [0.05, 0.1) is 12.5 Å². The van der Waals surface area contributed by atoms with Crippen LogP contribution in [-0.4, -0.2) is 23.2 Å². The maximum atomic E-state index is 12.0. The fourth-order valence-electron chi connectivity index (χ4n) is 3.55. The average molecular weight is 290 g/mol. The fourth-order valence-corrected chi connectivity index (χ4v) is 3.55. The molecule has 1 amide bonds. The highest BCUT2D eigenvalue weighted by Crippen LogP contribution is 2.38. The Morgan fingerprint density at radius 3 is 2.18 bits per heavy atom. The second-order valence-electron chi connectivity index (χ2n) is 6.02. The average Bonchev–Trinajstić information content (AvgIpc) is 2.99. The van der Waals surface area contributed by atoms with Crippen molar-refractivity contribution in [2.75, 3.05) is 6.54 Å². The summed E-state index contributed by atoms with van der Waals surface area (Å²) in [5, 5.41) is 0. The van der Waals surface area contributed by atoms with Gasteiger partial charge in [-0.25, -0.2) is 4.99 Å². The van der Waals surface area contributed by atoms with Crippen LogP contribution < -0.4 is 0 Å². The van der Waals surface area contributed by atoms with Gasteiger partial charge in [0, 0.05) is 18.9 Å². The zero-order chi connectivity index (χ0) is 14.9. The first-order valence-corrected chi connectivity index (χ1v) is 7.78. The van der Waals surface area contributed by atoms with Crippen molar-refractivity contribution in [2.24, 2.45) is 4.99 Å². The van der Waals surface area contributed by atoms with E-state index in [2.05, 4.69) is 46.3 Å². The van der Waals surface area contributed by atoms with Crippen molar-refractivity contribution in [2.45, 2.75) is 24.8 Å². The van der Waals surface area contributed by atoms with E-state index in [1.807, 2.05) is 24.3 Å². The number of hydrogen-bond donors (Lipinski definition) is 0. The molecule has 0 aromatic heterocycles. The molecule has 0 radical (unpaired) electrons. The normalized spacial score (nSPS) is 24.1. The van der Waals surface area contributed by atoms with Crippen LogP contribution in [0.25, 0.3) is 0 Å². The topological polar surface area (TPSA) is 32.7 Å². The Morgan fingerprint density at radius 1 is 0.864 bits per heavy atom. The SMILES string of the molecule is O=C1CC(c2ccccc2)N2CC(c3ccccc3)CC2=N1. The Morgan fingerprint density at radius 2 is 1.50 bits per heavy atom. The van der Waals surface area contributed by atoms with Gasteiger partial charge in [0.1, 0.15) is 5.84 Å². The van der Waals surface area contributed by atoms with Gasteiger partial charge in [-0.3, -0.25) is 4.79 Å². The van der Waals surface area contributed by atoms with Crippen molar-refractivity contribution in [3.8, 4) is 0 Å². The standard InChI is InChI=1S/C19H18N2O/c22-19-12-17(15-9-5-2-6-10-15)21-13-16(11-18(21)20-19)14-7-3-1-4-8-14/h1-10,16-17H,11-13H2. The number of benzene rings is 2. The quantitative estimate of drug-likeness (QED) is 0.847. The Kier molecular flexibility index (Phi) is 3.26. The van der Waals surface area contributed by atoms with Gasteiger partial charge >= 0.3 is 0 Å². The number of aliphatic imine (C=N–C) groups is 1. The number of carbonyl (C=O) groups is 1. The molecule has 0 bridgehead atoms. The molecule has 2 aromatic carbocycles. The minimum absolute atomic E-state index is 0.00816. The summed E-state index contributed by atoms with van der Waals surface area (Å²) in [6.07, 6.45) is 1.34. The van der Waals surface area contributed by atoms with Crippen LogP contribution in [0, 0.1) is 0 Å². The molecule has 2 unspecified atom stereocenters. The lowest BCUT2D eigenvalue weighted by Gasteiger charge is -2.32. The van der Waals surface area contributed by atoms with Crippen molar-refractivity contribution in [3.05, 3.63) is 71.8 Å². The van der Waals surface area contributed by atoms with Gasteiger partial charge in [-0.2, -0.15) is 0 Å². The molecule has 2 aromatic rings. The number of fused-ring (bicyclic) bond motifs is 1. The fraction of sp³-hybridized carbons (Fsp3) is 0.263. The first-order valence-electron chi connectivity index (χ1n) is 7.78. The summed E-state index contributed by atoms with van der Waals surface area (Å²) in [7, 11) is 0. The summed E-state index contributed by atoms with van der Waals surface area (Å²) < 4.78 is 0. The molecule has 2 aliphatic heterocycles. The summed E-state index contributed by atoms with van der Waals surface area (Å²) in [6.45, 7) is 0.940. The maximum Gasteiger partial charge on any atom is 0.249 e. The zero-order valence-electron chi connectivity index (χ0n) is 12.4. The number of amidine groups is 1. The number of rotatable bonds is 2. The molecular weight excluding hydrogens is 272 g/mol. The van der Waals surface area contributed by atoms with Crippen molar-refractivity contribution in [1.82, 2.24) is 4.90 Å². The zero-order valence-corrected chi connectivity index (χ0v) is 12.4. The largest absolute Gasteiger partial charge is 0.352 e. The third kappa shape index (κ3) is 2.33. The van der Waals surface area contributed by atoms with E-state index in [1.165, 1.54) is 11.1 Å². The highest BCUT2D eigenvalue weighted by molar-refractivity contribution is 5.99. The van der Waals surface area contributed by atoms with Gasteiger partial charge in [-0.1, -0.05) is 60.7 Å². The minimum Gasteiger partial charge on any atom is -0.352 e. The van der Waals surface area contributed by atoms with Gasteiger partial charge in [-0.05, 0) is 11.1 Å². The van der Waals surface area contributed by atoms with Crippen LogP contribution in [0.3, 0.4) is 0 Å². The van der Waals surface area contributed by atoms with E-state index in [-0.39, 0.29) is 11.9 Å². The third-order valence-electron chi connectivity index (χ3n) is 4.63. The monoisotopic (exact) mass is 290 g/mol. The maximum absolute atomic E-state index is 12.0. The summed E-state index contributed by atoms with van der Waals surface area (Å²) >= 11 is 0. The predicted octanol–water partition coefficient (Wildman–Crippen LogP) is 3.55. The molecule has 0 saturated carbocycles. The summed E-state index contributed by atoms with van der Waals surface area (Å²) in [6, 6.07) is 21.0. The van der Waals surface area contributed by atoms with Crippen LogP contribution in [0.2, 0.25) is 0 Å². The molecule has 110 valence electrons. The first-order chi connectivity index (χ1) is 10.8. The van der Waals surface area contributed by atoms with E-state index >= 15 is 0 Å². The Labute approximate surface area is 130 Å². The van der Waals surface area contributed by atoms with Crippen LogP contribution in [0.1, 0.15) is 35.9 Å². The molecular formula is C19H18N2O. The van der Waals surface area contributed by atoms with Crippen molar-refractivity contribution in [1.29, 1.82) is 0 Å². The van der Waals surface area contributed by atoms with E-state index < -0.39 is 0 Å². The molecule has 0 aliphatic carbocycles. The van der Waals surface area contributed by atoms with Gasteiger partial charge in [0.15, 0.2) is 0 Å². The molecule has 3 nitrogen and oxygen atoms in total. The van der Waals surface area contributed by atoms with Gasteiger partial charge in [0.25, 0.3) is 0 Å². The minimum atomic E-state index is 0.00816. The predicted molar refractivity (Wildman–Crippen MR) is 86.7 cm³/mol. The van der Waals surface area contributed by atoms with Gasteiger partial charge < -0.3 is 4.90 Å².